The van der Waals surface area contributed by atoms with Crippen molar-refractivity contribution >= 4 is 15.9 Å². The lowest BCUT2D eigenvalue weighted by molar-refractivity contribution is 0.334. The zero-order valence-electron chi connectivity index (χ0n) is 12.8. The maximum atomic E-state index is 5.80. The molecule has 0 saturated heterocycles. The first-order valence-electron chi connectivity index (χ1n) is 8.08. The lowest BCUT2D eigenvalue weighted by Crippen LogP contribution is -2.05. The number of rotatable bonds is 5. The van der Waals surface area contributed by atoms with Gasteiger partial charge in [0.2, 0.25) is 0 Å². The third kappa shape index (κ3) is 4.51. The van der Waals surface area contributed by atoms with E-state index in [0.717, 1.165) is 18.3 Å². The van der Waals surface area contributed by atoms with Crippen LogP contribution in [0.4, 0.5) is 0 Å². The standard InChI is InChI=1S/C18H27BrO/c1-3-20-18-11-10-14(2)12-16(18)17(19)13-15-8-6-4-5-7-9-15/h10-12,15,17H,3-9,13H2,1-2H3. The molecule has 112 valence electrons. The average molecular weight is 339 g/mol. The van der Waals surface area contributed by atoms with E-state index in [4.69, 9.17) is 4.74 Å². The number of hydrogen-bond acceptors (Lipinski definition) is 1. The molecule has 1 fully saturated rings. The fourth-order valence-electron chi connectivity index (χ4n) is 3.22. The number of benzene rings is 1. The third-order valence-electron chi connectivity index (χ3n) is 4.32. The largest absolute Gasteiger partial charge is 0.494 e. The highest BCUT2D eigenvalue weighted by Crippen LogP contribution is 2.39. The molecule has 20 heavy (non-hydrogen) atoms. The maximum absolute atomic E-state index is 5.80. The second-order valence-corrected chi connectivity index (χ2v) is 7.14. The highest BCUT2D eigenvalue weighted by molar-refractivity contribution is 9.09. The molecule has 1 aromatic rings. The molecule has 2 rings (SSSR count). The van der Waals surface area contributed by atoms with Crippen molar-refractivity contribution in [1.29, 1.82) is 0 Å². The quantitative estimate of drug-likeness (QED) is 0.459. The van der Waals surface area contributed by atoms with Gasteiger partial charge < -0.3 is 4.74 Å². The predicted molar refractivity (Wildman–Crippen MR) is 89.8 cm³/mol. The normalized spacial score (nSPS) is 18.6. The summed E-state index contributed by atoms with van der Waals surface area (Å²) in [5, 5.41) is 0. The Morgan fingerprint density at radius 2 is 1.90 bits per heavy atom. The molecule has 0 spiro atoms. The van der Waals surface area contributed by atoms with Crippen LogP contribution in [0.1, 0.15) is 67.8 Å². The summed E-state index contributed by atoms with van der Waals surface area (Å²) in [5.74, 6) is 1.92. The third-order valence-corrected chi connectivity index (χ3v) is 5.18. The SMILES string of the molecule is CCOc1ccc(C)cc1C(Br)CC1CCCCCC1. The lowest BCUT2D eigenvalue weighted by atomic mass is 9.92. The zero-order chi connectivity index (χ0) is 14.4. The molecule has 1 unspecified atom stereocenters. The van der Waals surface area contributed by atoms with Gasteiger partial charge in [-0.3, -0.25) is 0 Å². The van der Waals surface area contributed by atoms with E-state index in [0.29, 0.717) is 4.83 Å². The van der Waals surface area contributed by atoms with Gasteiger partial charge in [0, 0.05) is 10.4 Å². The van der Waals surface area contributed by atoms with Crippen molar-refractivity contribution < 1.29 is 4.74 Å². The summed E-state index contributed by atoms with van der Waals surface area (Å²) < 4.78 is 5.80. The van der Waals surface area contributed by atoms with E-state index in [1.807, 2.05) is 0 Å². The summed E-state index contributed by atoms with van der Waals surface area (Å²) in [6.07, 6.45) is 9.72. The second kappa shape index (κ2) is 8.07. The fraction of sp³-hybridized carbons (Fsp3) is 0.667. The molecule has 1 nitrogen and oxygen atoms in total. The molecule has 2 heteroatoms. The Morgan fingerprint density at radius 3 is 2.55 bits per heavy atom. The summed E-state index contributed by atoms with van der Waals surface area (Å²) in [6.45, 7) is 4.95. The predicted octanol–water partition coefficient (Wildman–Crippen LogP) is 6.19. The highest BCUT2D eigenvalue weighted by atomic mass is 79.9. The minimum Gasteiger partial charge on any atom is -0.494 e. The number of ether oxygens (including phenoxy) is 1. The van der Waals surface area contributed by atoms with Crippen LogP contribution in [0.2, 0.25) is 0 Å². The monoisotopic (exact) mass is 338 g/mol. The van der Waals surface area contributed by atoms with E-state index in [-0.39, 0.29) is 0 Å². The summed E-state index contributed by atoms with van der Waals surface area (Å²) in [7, 11) is 0. The van der Waals surface area contributed by atoms with Gasteiger partial charge in [-0.15, -0.1) is 0 Å². The topological polar surface area (TPSA) is 9.23 Å². The first-order valence-corrected chi connectivity index (χ1v) is 8.99. The van der Waals surface area contributed by atoms with E-state index in [1.54, 1.807) is 0 Å². The summed E-state index contributed by atoms with van der Waals surface area (Å²) in [6, 6.07) is 6.54. The van der Waals surface area contributed by atoms with Crippen molar-refractivity contribution in [2.24, 2.45) is 5.92 Å². The molecule has 1 aliphatic carbocycles. The van der Waals surface area contributed by atoms with Crippen molar-refractivity contribution in [3.63, 3.8) is 0 Å². The molecule has 0 bridgehead atoms. The lowest BCUT2D eigenvalue weighted by Gasteiger charge is -2.21. The minimum absolute atomic E-state index is 0.423. The average Bonchev–Trinajstić information content (AvgIpc) is 2.69. The van der Waals surface area contributed by atoms with Gasteiger partial charge in [-0.05, 0) is 32.3 Å². The van der Waals surface area contributed by atoms with Crippen LogP contribution < -0.4 is 4.74 Å². The smallest absolute Gasteiger partial charge is 0.123 e. The van der Waals surface area contributed by atoms with E-state index in [9.17, 15) is 0 Å². The Balaban J connectivity index is 2.06. The Hall–Kier alpha value is -0.500. The molecular weight excluding hydrogens is 312 g/mol. The number of alkyl halides is 1. The van der Waals surface area contributed by atoms with Crippen LogP contribution in [0, 0.1) is 12.8 Å². The summed E-state index contributed by atoms with van der Waals surface area (Å²) >= 11 is 3.92. The highest BCUT2D eigenvalue weighted by Gasteiger charge is 2.20. The van der Waals surface area contributed by atoms with Crippen LogP contribution in [0.5, 0.6) is 5.75 Å². The van der Waals surface area contributed by atoms with E-state index in [2.05, 4.69) is 48.0 Å². The van der Waals surface area contributed by atoms with Crippen molar-refractivity contribution in [2.45, 2.75) is 63.6 Å². The van der Waals surface area contributed by atoms with Crippen molar-refractivity contribution in [2.75, 3.05) is 6.61 Å². The molecular formula is C18H27BrO. The van der Waals surface area contributed by atoms with Crippen LogP contribution in [0.15, 0.2) is 18.2 Å². The number of halogens is 1. The molecule has 0 radical (unpaired) electrons. The molecule has 1 saturated carbocycles. The molecule has 1 aliphatic rings. The zero-order valence-corrected chi connectivity index (χ0v) is 14.4. The Morgan fingerprint density at radius 1 is 1.20 bits per heavy atom. The van der Waals surface area contributed by atoms with Gasteiger partial charge in [0.1, 0.15) is 5.75 Å². The van der Waals surface area contributed by atoms with Crippen LogP contribution in [0.25, 0.3) is 0 Å². The van der Waals surface area contributed by atoms with E-state index in [1.165, 1.54) is 56.1 Å². The first kappa shape index (κ1) is 15.9. The van der Waals surface area contributed by atoms with Crippen molar-refractivity contribution in [3.05, 3.63) is 29.3 Å². The Bertz CT molecular complexity index is 408. The van der Waals surface area contributed by atoms with Crippen molar-refractivity contribution in [1.82, 2.24) is 0 Å². The summed E-state index contributed by atoms with van der Waals surface area (Å²) in [4.78, 5) is 0.423. The van der Waals surface area contributed by atoms with Crippen LogP contribution in [-0.2, 0) is 0 Å². The minimum atomic E-state index is 0.423. The van der Waals surface area contributed by atoms with Gasteiger partial charge in [-0.2, -0.15) is 0 Å². The Kier molecular flexibility index (Phi) is 6.41. The molecule has 0 N–H and O–H groups in total. The fourth-order valence-corrected chi connectivity index (χ4v) is 4.11. The molecule has 0 amide bonds. The van der Waals surface area contributed by atoms with Crippen molar-refractivity contribution in [3.8, 4) is 5.75 Å². The molecule has 0 aliphatic heterocycles. The van der Waals surface area contributed by atoms with Gasteiger partial charge in [0.15, 0.2) is 0 Å². The number of aryl methyl sites for hydroxylation is 1. The maximum Gasteiger partial charge on any atom is 0.123 e. The van der Waals surface area contributed by atoms with Gasteiger partial charge in [-0.1, -0.05) is 72.2 Å². The van der Waals surface area contributed by atoms with E-state index < -0.39 is 0 Å². The van der Waals surface area contributed by atoms with Gasteiger partial charge in [-0.25, -0.2) is 0 Å². The second-order valence-electron chi connectivity index (χ2n) is 6.04. The van der Waals surface area contributed by atoms with Gasteiger partial charge >= 0.3 is 0 Å². The number of hydrogen-bond donors (Lipinski definition) is 0. The first-order chi connectivity index (χ1) is 9.70. The van der Waals surface area contributed by atoms with Crippen LogP contribution >= 0.6 is 15.9 Å². The van der Waals surface area contributed by atoms with Gasteiger partial charge in [0.25, 0.3) is 0 Å². The van der Waals surface area contributed by atoms with E-state index >= 15 is 0 Å². The molecule has 1 aromatic carbocycles. The Labute approximate surface area is 132 Å². The molecule has 0 aromatic heterocycles. The van der Waals surface area contributed by atoms with Crippen LogP contribution in [-0.4, -0.2) is 6.61 Å². The van der Waals surface area contributed by atoms with Crippen LogP contribution in [0.3, 0.4) is 0 Å². The van der Waals surface area contributed by atoms with Gasteiger partial charge in [0.05, 0.1) is 6.61 Å². The summed E-state index contributed by atoms with van der Waals surface area (Å²) in [5.41, 5.74) is 2.64. The molecule has 0 heterocycles. The molecule has 1 atom stereocenters.